The molecule has 1 aromatic heterocycles. The topological polar surface area (TPSA) is 87.2 Å². The van der Waals surface area contributed by atoms with Crippen LogP contribution in [-0.2, 0) is 4.74 Å². The number of rotatable bonds is 6. The van der Waals surface area contributed by atoms with Crippen molar-refractivity contribution in [3.05, 3.63) is 79.2 Å². The third kappa shape index (κ3) is 4.99. The molecule has 2 heterocycles. The smallest absolute Gasteiger partial charge is 0.182 e. The number of hydrogen-bond acceptors (Lipinski definition) is 6. The summed E-state index contributed by atoms with van der Waals surface area (Å²) in [6, 6.07) is 21.0. The number of aliphatic hydroxyl groups is 1. The van der Waals surface area contributed by atoms with Crippen LogP contribution in [-0.4, -0.2) is 59.6 Å². The molecule has 1 atom stereocenters. The van der Waals surface area contributed by atoms with E-state index in [-0.39, 0.29) is 12.7 Å². The molecular weight excluding hydrogens is 420 g/mol. The molecule has 3 N–H and O–H groups in total. The standard InChI is InChI=1S/C14H19NO4.C12H9NO/c1-11-15(9-12(10-16)19-11)7-8-18-14-6-4-3-5-13(14)17-2;14-11-7-3-6-10-12(11)8-4-1-2-5-9(8)13-10/h3-6,12,16H,1,7-10H2,2H3;1-7,13-14H. The van der Waals surface area contributed by atoms with Gasteiger partial charge in [-0.3, -0.25) is 0 Å². The Morgan fingerprint density at radius 2 is 1.76 bits per heavy atom. The van der Waals surface area contributed by atoms with Gasteiger partial charge in [0.1, 0.15) is 18.5 Å². The molecule has 1 saturated heterocycles. The van der Waals surface area contributed by atoms with Crippen molar-refractivity contribution < 1.29 is 24.4 Å². The second-order valence-corrected chi connectivity index (χ2v) is 7.63. The zero-order valence-corrected chi connectivity index (χ0v) is 18.5. The van der Waals surface area contributed by atoms with Crippen LogP contribution in [0.3, 0.4) is 0 Å². The molecule has 1 aliphatic heterocycles. The summed E-state index contributed by atoms with van der Waals surface area (Å²) in [7, 11) is 1.62. The molecule has 5 rings (SSSR count). The highest BCUT2D eigenvalue weighted by molar-refractivity contribution is 6.10. The first-order valence-corrected chi connectivity index (χ1v) is 10.8. The molecular formula is C26H28N2O5. The van der Waals surface area contributed by atoms with Crippen LogP contribution in [0.4, 0.5) is 0 Å². The fourth-order valence-corrected chi connectivity index (χ4v) is 3.85. The molecule has 4 aromatic rings. The summed E-state index contributed by atoms with van der Waals surface area (Å²) >= 11 is 0. The third-order valence-corrected chi connectivity index (χ3v) is 5.48. The summed E-state index contributed by atoms with van der Waals surface area (Å²) in [5.74, 6) is 2.35. The van der Waals surface area contributed by atoms with E-state index in [0.29, 0.717) is 37.1 Å². The number of benzene rings is 3. The van der Waals surface area contributed by atoms with Gasteiger partial charge in [-0.25, -0.2) is 0 Å². The molecule has 3 aromatic carbocycles. The molecule has 1 fully saturated rings. The first kappa shape index (κ1) is 22.4. The van der Waals surface area contributed by atoms with Crippen molar-refractivity contribution in [3.8, 4) is 17.2 Å². The number of phenolic OH excluding ortho intramolecular Hbond substituents is 1. The number of nitrogens with one attached hydrogen (secondary N) is 1. The Morgan fingerprint density at radius 3 is 2.52 bits per heavy atom. The molecule has 0 aliphatic carbocycles. The zero-order valence-electron chi connectivity index (χ0n) is 18.5. The lowest BCUT2D eigenvalue weighted by molar-refractivity contribution is 0.0971. The van der Waals surface area contributed by atoms with E-state index in [2.05, 4.69) is 11.6 Å². The maximum absolute atomic E-state index is 9.74. The van der Waals surface area contributed by atoms with Gasteiger partial charge in [-0.05, 0) is 36.9 Å². The number of aromatic hydroxyl groups is 1. The van der Waals surface area contributed by atoms with Gasteiger partial charge >= 0.3 is 0 Å². The quantitative estimate of drug-likeness (QED) is 0.409. The lowest BCUT2D eigenvalue weighted by Crippen LogP contribution is -2.27. The van der Waals surface area contributed by atoms with Crippen LogP contribution in [0.25, 0.3) is 21.8 Å². The van der Waals surface area contributed by atoms with Gasteiger partial charge < -0.3 is 34.3 Å². The average Bonchev–Trinajstić information content (AvgIpc) is 3.40. The van der Waals surface area contributed by atoms with E-state index in [4.69, 9.17) is 19.3 Å². The number of methoxy groups -OCH3 is 1. The summed E-state index contributed by atoms with van der Waals surface area (Å²) < 4.78 is 16.3. The molecule has 0 bridgehead atoms. The minimum Gasteiger partial charge on any atom is -0.507 e. The minimum absolute atomic E-state index is 0.00286. The molecule has 1 unspecified atom stereocenters. The van der Waals surface area contributed by atoms with Crippen molar-refractivity contribution in [2.45, 2.75) is 6.10 Å². The highest BCUT2D eigenvalue weighted by Gasteiger charge is 2.25. The third-order valence-electron chi connectivity index (χ3n) is 5.48. The molecule has 7 nitrogen and oxygen atoms in total. The number of para-hydroxylation sites is 3. The normalized spacial score (nSPS) is 15.3. The zero-order chi connectivity index (χ0) is 23.2. The van der Waals surface area contributed by atoms with Gasteiger partial charge in [-0.2, -0.15) is 0 Å². The van der Waals surface area contributed by atoms with E-state index in [1.165, 1.54) is 0 Å². The van der Waals surface area contributed by atoms with E-state index < -0.39 is 0 Å². The Bertz CT molecular complexity index is 1240. The minimum atomic E-state index is -0.182. The van der Waals surface area contributed by atoms with Crippen molar-refractivity contribution in [2.75, 3.05) is 33.4 Å². The molecule has 0 spiro atoms. The van der Waals surface area contributed by atoms with E-state index in [1.54, 1.807) is 13.2 Å². The lowest BCUT2D eigenvalue weighted by atomic mass is 10.1. The number of phenols is 1. The fraction of sp³-hybridized carbons (Fsp3) is 0.231. The van der Waals surface area contributed by atoms with Crippen LogP contribution < -0.4 is 9.47 Å². The maximum atomic E-state index is 9.74. The van der Waals surface area contributed by atoms with Crippen molar-refractivity contribution in [2.24, 2.45) is 0 Å². The highest BCUT2D eigenvalue weighted by atomic mass is 16.5. The molecule has 0 amide bonds. The summed E-state index contributed by atoms with van der Waals surface area (Å²) in [6.45, 7) is 5.61. The van der Waals surface area contributed by atoms with Crippen LogP contribution in [0, 0.1) is 0 Å². The fourth-order valence-electron chi connectivity index (χ4n) is 3.85. The Labute approximate surface area is 192 Å². The summed E-state index contributed by atoms with van der Waals surface area (Å²) in [5, 5.41) is 20.7. The van der Waals surface area contributed by atoms with Crippen LogP contribution in [0.5, 0.6) is 17.2 Å². The molecule has 7 heteroatoms. The number of aromatic nitrogens is 1. The van der Waals surface area contributed by atoms with Crippen molar-refractivity contribution in [1.82, 2.24) is 9.88 Å². The predicted molar refractivity (Wildman–Crippen MR) is 129 cm³/mol. The Hall–Kier alpha value is -3.84. The second-order valence-electron chi connectivity index (χ2n) is 7.63. The number of nitrogens with zero attached hydrogens (tertiary/aromatic N) is 1. The second kappa shape index (κ2) is 10.2. The van der Waals surface area contributed by atoms with Crippen LogP contribution in [0.1, 0.15) is 0 Å². The molecule has 0 saturated carbocycles. The van der Waals surface area contributed by atoms with Crippen LogP contribution in [0.2, 0.25) is 0 Å². The number of aliphatic hydroxyl groups excluding tert-OH is 1. The number of fused-ring (bicyclic) bond motifs is 3. The van der Waals surface area contributed by atoms with E-state index >= 15 is 0 Å². The average molecular weight is 449 g/mol. The van der Waals surface area contributed by atoms with Gasteiger partial charge in [-0.15, -0.1) is 0 Å². The van der Waals surface area contributed by atoms with Crippen molar-refractivity contribution >= 4 is 21.8 Å². The highest BCUT2D eigenvalue weighted by Crippen LogP contribution is 2.31. The van der Waals surface area contributed by atoms with Crippen molar-refractivity contribution in [3.63, 3.8) is 0 Å². The molecule has 33 heavy (non-hydrogen) atoms. The van der Waals surface area contributed by atoms with Gasteiger partial charge in [0.15, 0.2) is 17.4 Å². The molecule has 1 aliphatic rings. The largest absolute Gasteiger partial charge is 0.507 e. The monoisotopic (exact) mass is 448 g/mol. The first-order chi connectivity index (χ1) is 16.1. The number of aromatic amines is 1. The van der Waals surface area contributed by atoms with Gasteiger partial charge in [0.2, 0.25) is 0 Å². The first-order valence-electron chi connectivity index (χ1n) is 10.8. The van der Waals surface area contributed by atoms with Crippen molar-refractivity contribution in [1.29, 1.82) is 0 Å². The summed E-state index contributed by atoms with van der Waals surface area (Å²) in [4.78, 5) is 5.21. The number of hydrogen-bond donors (Lipinski definition) is 3. The Morgan fingerprint density at radius 1 is 1.03 bits per heavy atom. The van der Waals surface area contributed by atoms with E-state index in [9.17, 15) is 5.11 Å². The maximum Gasteiger partial charge on any atom is 0.182 e. The van der Waals surface area contributed by atoms with Gasteiger partial charge in [0.25, 0.3) is 0 Å². The van der Waals surface area contributed by atoms with Crippen LogP contribution in [0.15, 0.2) is 79.2 Å². The lowest BCUT2D eigenvalue weighted by Gasteiger charge is -2.17. The van der Waals surface area contributed by atoms with Gasteiger partial charge in [0, 0.05) is 16.3 Å². The summed E-state index contributed by atoms with van der Waals surface area (Å²) in [5.41, 5.74) is 2.04. The Balaban J connectivity index is 0.000000163. The van der Waals surface area contributed by atoms with Crippen LogP contribution >= 0.6 is 0 Å². The molecule has 172 valence electrons. The van der Waals surface area contributed by atoms with Gasteiger partial charge in [-0.1, -0.05) is 36.4 Å². The number of H-pyrrole nitrogens is 1. The van der Waals surface area contributed by atoms with E-state index in [1.807, 2.05) is 65.6 Å². The Kier molecular flexibility index (Phi) is 6.90. The predicted octanol–water partition coefficient (Wildman–Crippen LogP) is 4.27. The number of ether oxygens (including phenoxy) is 3. The molecule has 0 radical (unpaired) electrons. The van der Waals surface area contributed by atoms with Gasteiger partial charge in [0.05, 0.1) is 32.3 Å². The SMILES string of the molecule is C=C1OC(CO)CN1CCOc1ccccc1OC.Oc1cccc2[nH]c3ccccc3c12. The van der Waals surface area contributed by atoms with E-state index in [0.717, 1.165) is 27.6 Å². The summed E-state index contributed by atoms with van der Waals surface area (Å²) in [6.07, 6.45) is -0.182.